The van der Waals surface area contributed by atoms with Crippen molar-refractivity contribution in [2.75, 3.05) is 18.5 Å². The molecular formula is C12H13N3O3S. The van der Waals surface area contributed by atoms with Crippen molar-refractivity contribution < 1.29 is 14.6 Å². The maximum atomic E-state index is 11.2. The van der Waals surface area contributed by atoms with Gasteiger partial charge in [-0.15, -0.1) is 11.3 Å². The summed E-state index contributed by atoms with van der Waals surface area (Å²) in [5.41, 5.74) is 0.717. The van der Waals surface area contributed by atoms with Crippen molar-refractivity contribution >= 4 is 33.3 Å². The highest BCUT2D eigenvalue weighted by molar-refractivity contribution is 7.20. The van der Waals surface area contributed by atoms with Crippen LogP contribution in [0.1, 0.15) is 21.7 Å². The predicted octanol–water partition coefficient (Wildman–Crippen LogP) is 1.90. The monoisotopic (exact) mass is 279 g/mol. The second-order valence-electron chi connectivity index (χ2n) is 4.47. The first kappa shape index (κ1) is 12.3. The van der Waals surface area contributed by atoms with Crippen LogP contribution in [0, 0.1) is 6.92 Å². The molecule has 3 rings (SSSR count). The average Bonchev–Trinajstić information content (AvgIpc) is 2.98. The van der Waals surface area contributed by atoms with Gasteiger partial charge in [0.2, 0.25) is 0 Å². The number of fused-ring (bicyclic) bond motifs is 1. The number of ether oxygens (including phenoxy) is 1. The first-order valence-electron chi connectivity index (χ1n) is 5.98. The van der Waals surface area contributed by atoms with E-state index in [-0.39, 0.29) is 6.04 Å². The highest BCUT2D eigenvalue weighted by Gasteiger charge is 2.21. The normalized spacial score (nSPS) is 18.9. The molecule has 1 fully saturated rings. The predicted molar refractivity (Wildman–Crippen MR) is 72.0 cm³/mol. The number of carbonyl (C=O) groups is 1. The third-order valence-corrected chi connectivity index (χ3v) is 4.38. The molecule has 0 bridgehead atoms. The van der Waals surface area contributed by atoms with Crippen molar-refractivity contribution in [2.45, 2.75) is 19.4 Å². The Morgan fingerprint density at radius 1 is 1.58 bits per heavy atom. The third kappa shape index (κ3) is 2.15. The lowest BCUT2D eigenvalue weighted by Crippen LogP contribution is -2.19. The third-order valence-electron chi connectivity index (χ3n) is 3.19. The zero-order valence-corrected chi connectivity index (χ0v) is 11.2. The molecule has 0 saturated carbocycles. The van der Waals surface area contributed by atoms with E-state index in [4.69, 9.17) is 9.84 Å². The Hall–Kier alpha value is -1.73. The maximum Gasteiger partial charge on any atom is 0.346 e. The molecule has 0 spiro atoms. The molecule has 7 heteroatoms. The van der Waals surface area contributed by atoms with E-state index in [1.54, 1.807) is 6.92 Å². The minimum atomic E-state index is -0.921. The molecule has 0 amide bonds. The quantitative estimate of drug-likeness (QED) is 0.892. The zero-order valence-electron chi connectivity index (χ0n) is 10.3. The number of nitrogens with zero attached hydrogens (tertiary/aromatic N) is 2. The topological polar surface area (TPSA) is 84.3 Å². The molecule has 1 aliphatic heterocycles. The minimum Gasteiger partial charge on any atom is -0.477 e. The summed E-state index contributed by atoms with van der Waals surface area (Å²) < 4.78 is 5.32. The SMILES string of the molecule is Cc1c(C(=O)O)sc2ncnc(NC3CCOC3)c12. The fraction of sp³-hybridized carbons (Fsp3) is 0.417. The second kappa shape index (κ2) is 4.75. The van der Waals surface area contributed by atoms with E-state index in [0.29, 0.717) is 22.1 Å². The van der Waals surface area contributed by atoms with E-state index in [2.05, 4.69) is 15.3 Å². The van der Waals surface area contributed by atoms with Crippen LogP contribution in [-0.4, -0.2) is 40.3 Å². The van der Waals surface area contributed by atoms with Crippen molar-refractivity contribution in [3.05, 3.63) is 16.8 Å². The van der Waals surface area contributed by atoms with Crippen LogP contribution >= 0.6 is 11.3 Å². The summed E-state index contributed by atoms with van der Waals surface area (Å²) in [6.07, 6.45) is 2.39. The number of carboxylic acids is 1. The Balaban J connectivity index is 2.06. The first-order chi connectivity index (χ1) is 9.16. The Bertz CT molecular complexity index is 634. The van der Waals surface area contributed by atoms with Gasteiger partial charge in [-0.25, -0.2) is 14.8 Å². The number of nitrogens with one attached hydrogen (secondary N) is 1. The van der Waals surface area contributed by atoms with E-state index < -0.39 is 5.97 Å². The van der Waals surface area contributed by atoms with Crippen LogP contribution in [0.2, 0.25) is 0 Å². The summed E-state index contributed by atoms with van der Waals surface area (Å²) in [7, 11) is 0. The molecule has 0 aromatic carbocycles. The van der Waals surface area contributed by atoms with Gasteiger partial charge in [-0.1, -0.05) is 0 Å². The minimum absolute atomic E-state index is 0.227. The Morgan fingerprint density at radius 2 is 2.42 bits per heavy atom. The van der Waals surface area contributed by atoms with Gasteiger partial charge in [0.05, 0.1) is 18.0 Å². The average molecular weight is 279 g/mol. The van der Waals surface area contributed by atoms with Gasteiger partial charge in [0.25, 0.3) is 0 Å². The van der Waals surface area contributed by atoms with Gasteiger partial charge in [0.1, 0.15) is 21.9 Å². The second-order valence-corrected chi connectivity index (χ2v) is 5.47. The van der Waals surface area contributed by atoms with Crippen LogP contribution in [0.25, 0.3) is 10.2 Å². The van der Waals surface area contributed by atoms with E-state index in [1.165, 1.54) is 17.7 Å². The molecule has 3 heterocycles. The van der Waals surface area contributed by atoms with E-state index in [1.807, 2.05) is 0 Å². The van der Waals surface area contributed by atoms with Crippen molar-refractivity contribution in [2.24, 2.45) is 0 Å². The molecule has 2 N–H and O–H groups in total. The van der Waals surface area contributed by atoms with Crippen LogP contribution in [0.4, 0.5) is 5.82 Å². The lowest BCUT2D eigenvalue weighted by molar-refractivity contribution is 0.0701. The smallest absolute Gasteiger partial charge is 0.346 e. The molecule has 1 saturated heterocycles. The lowest BCUT2D eigenvalue weighted by Gasteiger charge is -2.12. The van der Waals surface area contributed by atoms with Crippen LogP contribution in [0.3, 0.4) is 0 Å². The first-order valence-corrected chi connectivity index (χ1v) is 6.80. The highest BCUT2D eigenvalue weighted by Crippen LogP contribution is 2.33. The molecule has 6 nitrogen and oxygen atoms in total. The van der Waals surface area contributed by atoms with Crippen molar-refractivity contribution in [3.8, 4) is 0 Å². The Labute approximate surface area is 113 Å². The number of aryl methyl sites for hydroxylation is 1. The maximum absolute atomic E-state index is 11.2. The molecule has 19 heavy (non-hydrogen) atoms. The summed E-state index contributed by atoms with van der Waals surface area (Å²) in [6.45, 7) is 3.19. The van der Waals surface area contributed by atoms with Crippen molar-refractivity contribution in [1.29, 1.82) is 0 Å². The van der Waals surface area contributed by atoms with Crippen LogP contribution in [0.5, 0.6) is 0 Å². The van der Waals surface area contributed by atoms with Gasteiger partial charge in [0.15, 0.2) is 0 Å². The molecule has 100 valence electrons. The number of anilines is 1. The molecule has 0 radical (unpaired) electrons. The molecule has 1 unspecified atom stereocenters. The Kier molecular flexibility index (Phi) is 3.08. The van der Waals surface area contributed by atoms with Gasteiger partial charge in [-0.3, -0.25) is 0 Å². The summed E-state index contributed by atoms with van der Waals surface area (Å²) in [4.78, 5) is 20.6. The molecule has 0 aliphatic carbocycles. The molecule has 1 aliphatic rings. The van der Waals surface area contributed by atoms with Gasteiger partial charge in [-0.2, -0.15) is 0 Å². The number of hydrogen-bond donors (Lipinski definition) is 2. The van der Waals surface area contributed by atoms with Crippen LogP contribution in [-0.2, 0) is 4.74 Å². The number of carboxylic acid groups (broad SMARTS) is 1. The summed E-state index contributed by atoms with van der Waals surface area (Å²) in [6, 6.07) is 0.227. The summed E-state index contributed by atoms with van der Waals surface area (Å²) in [5, 5.41) is 13.3. The van der Waals surface area contributed by atoms with Gasteiger partial charge < -0.3 is 15.2 Å². The summed E-state index contributed by atoms with van der Waals surface area (Å²) >= 11 is 1.18. The van der Waals surface area contributed by atoms with Crippen molar-refractivity contribution in [3.63, 3.8) is 0 Å². The van der Waals surface area contributed by atoms with E-state index in [9.17, 15) is 4.79 Å². The lowest BCUT2D eigenvalue weighted by atomic mass is 10.2. The van der Waals surface area contributed by atoms with Gasteiger partial charge in [-0.05, 0) is 18.9 Å². The largest absolute Gasteiger partial charge is 0.477 e. The summed E-state index contributed by atoms with van der Waals surface area (Å²) in [5.74, 6) is -0.225. The van der Waals surface area contributed by atoms with Crippen LogP contribution < -0.4 is 5.32 Å². The number of thiophene rings is 1. The number of aromatic carboxylic acids is 1. The number of rotatable bonds is 3. The van der Waals surface area contributed by atoms with Gasteiger partial charge in [0, 0.05) is 6.61 Å². The molecular weight excluding hydrogens is 266 g/mol. The number of hydrogen-bond acceptors (Lipinski definition) is 6. The fourth-order valence-electron chi connectivity index (χ4n) is 2.23. The molecule has 1 atom stereocenters. The molecule has 2 aromatic heterocycles. The Morgan fingerprint density at radius 3 is 3.11 bits per heavy atom. The standard InChI is InChI=1S/C12H13N3O3S/c1-6-8-10(15-7-2-3-18-4-7)13-5-14-11(8)19-9(6)12(16)17/h5,7H,2-4H2,1H3,(H,16,17)(H,13,14,15). The molecule has 2 aromatic rings. The van der Waals surface area contributed by atoms with Crippen LogP contribution in [0.15, 0.2) is 6.33 Å². The van der Waals surface area contributed by atoms with E-state index in [0.717, 1.165) is 24.0 Å². The highest BCUT2D eigenvalue weighted by atomic mass is 32.1. The fourth-order valence-corrected chi connectivity index (χ4v) is 3.21. The van der Waals surface area contributed by atoms with Gasteiger partial charge >= 0.3 is 5.97 Å². The number of aromatic nitrogens is 2. The van der Waals surface area contributed by atoms with E-state index >= 15 is 0 Å². The van der Waals surface area contributed by atoms with Crippen molar-refractivity contribution in [1.82, 2.24) is 9.97 Å². The zero-order chi connectivity index (χ0) is 13.4.